The van der Waals surface area contributed by atoms with Gasteiger partial charge in [0.15, 0.2) is 0 Å². The van der Waals surface area contributed by atoms with Crippen LogP contribution in [0.2, 0.25) is 5.02 Å². The highest BCUT2D eigenvalue weighted by molar-refractivity contribution is 6.31. The van der Waals surface area contributed by atoms with Crippen LogP contribution >= 0.6 is 11.6 Å². The molecule has 0 spiro atoms. The average molecular weight is 655 g/mol. The first-order chi connectivity index (χ1) is 22.0. The maximum Gasteiger partial charge on any atom is 0.342 e. The number of benzene rings is 2. The Morgan fingerprint density at radius 3 is 2.15 bits per heavy atom. The Labute approximate surface area is 273 Å². The number of rotatable bonds is 12. The van der Waals surface area contributed by atoms with Crippen LogP contribution in [0.15, 0.2) is 72.9 Å². The molecule has 2 aromatic carbocycles. The number of esters is 1. The monoisotopic (exact) mass is 654 g/mol. The molecule has 0 radical (unpaired) electrons. The first-order valence-electron chi connectivity index (χ1n) is 15.0. The molecule has 12 heteroatoms. The van der Waals surface area contributed by atoms with E-state index in [-0.39, 0.29) is 17.9 Å². The van der Waals surface area contributed by atoms with Crippen molar-refractivity contribution in [3.05, 3.63) is 106 Å². The fourth-order valence-electron chi connectivity index (χ4n) is 4.80. The molecule has 246 valence electrons. The van der Waals surface area contributed by atoms with Crippen molar-refractivity contribution in [3.63, 3.8) is 0 Å². The molecule has 0 aliphatic carbocycles. The van der Waals surface area contributed by atoms with Gasteiger partial charge in [0.2, 0.25) is 0 Å². The van der Waals surface area contributed by atoms with Gasteiger partial charge in [-0.05, 0) is 55.8 Å². The molecule has 0 saturated carbocycles. The molecule has 3 aromatic rings. The number of carboxylic acids is 2. The number of piperazine rings is 1. The minimum Gasteiger partial charge on any atom is -0.478 e. The van der Waals surface area contributed by atoms with E-state index in [2.05, 4.69) is 50.9 Å². The highest BCUT2D eigenvalue weighted by atomic mass is 35.5. The van der Waals surface area contributed by atoms with E-state index in [4.69, 9.17) is 26.6 Å². The van der Waals surface area contributed by atoms with Gasteiger partial charge in [-0.25, -0.2) is 23.8 Å². The zero-order valence-corrected chi connectivity index (χ0v) is 27.0. The predicted octanol–water partition coefficient (Wildman–Crippen LogP) is 5.50. The molecular formula is C34H40ClFN4O6. The summed E-state index contributed by atoms with van der Waals surface area (Å²) in [6.07, 6.45) is 2.67. The number of hydrogen-bond acceptors (Lipinski definition) is 8. The van der Waals surface area contributed by atoms with Gasteiger partial charge in [-0.3, -0.25) is 9.80 Å². The molecule has 0 unspecified atom stereocenters. The summed E-state index contributed by atoms with van der Waals surface area (Å²) in [5.74, 6) is -2.41. The second-order valence-corrected chi connectivity index (χ2v) is 11.3. The highest BCUT2D eigenvalue weighted by Gasteiger charge is 2.24. The summed E-state index contributed by atoms with van der Waals surface area (Å²) < 4.78 is 19.6. The van der Waals surface area contributed by atoms with Crippen molar-refractivity contribution in [2.75, 3.05) is 37.6 Å². The van der Waals surface area contributed by atoms with E-state index < -0.39 is 11.9 Å². The van der Waals surface area contributed by atoms with E-state index in [9.17, 15) is 18.8 Å². The first kappa shape index (κ1) is 36.2. The average Bonchev–Trinajstić information content (AvgIpc) is 3.02. The normalized spacial score (nSPS) is 13.5. The van der Waals surface area contributed by atoms with E-state index in [1.807, 2.05) is 13.8 Å². The van der Waals surface area contributed by atoms with Crippen molar-refractivity contribution in [2.45, 2.75) is 46.5 Å². The van der Waals surface area contributed by atoms with Gasteiger partial charge in [0.25, 0.3) is 0 Å². The van der Waals surface area contributed by atoms with Gasteiger partial charge in [-0.15, -0.1) is 0 Å². The van der Waals surface area contributed by atoms with E-state index in [1.54, 1.807) is 30.5 Å². The molecule has 4 rings (SSSR count). The summed E-state index contributed by atoms with van der Waals surface area (Å²) in [5.41, 5.74) is 3.50. The van der Waals surface area contributed by atoms with Gasteiger partial charge in [0, 0.05) is 74.7 Å². The molecule has 1 aromatic heterocycles. The van der Waals surface area contributed by atoms with Gasteiger partial charge in [0.05, 0.1) is 6.10 Å². The fraction of sp³-hybridized carbons (Fsp3) is 0.353. The topological polar surface area (TPSA) is 124 Å². The lowest BCUT2D eigenvalue weighted by atomic mass is 10.1. The number of halogens is 2. The van der Waals surface area contributed by atoms with Crippen LogP contribution in [-0.4, -0.2) is 81.7 Å². The molecule has 2 heterocycles. The van der Waals surface area contributed by atoms with Crippen LogP contribution < -0.4 is 4.90 Å². The van der Waals surface area contributed by atoms with Crippen molar-refractivity contribution < 1.29 is 33.7 Å². The van der Waals surface area contributed by atoms with Gasteiger partial charge in [0.1, 0.15) is 17.2 Å². The van der Waals surface area contributed by atoms with Crippen LogP contribution in [0.1, 0.15) is 47.8 Å². The van der Waals surface area contributed by atoms with Crippen LogP contribution in [0.25, 0.3) is 0 Å². The number of aliphatic carboxylic acids is 2. The summed E-state index contributed by atoms with van der Waals surface area (Å²) >= 11 is 6.23. The Bertz CT molecular complexity index is 1460. The fourth-order valence-corrected chi connectivity index (χ4v) is 5.02. The SMILES string of the molecule is CCN(Cc1ccc(CN2CCN(c3ncccc3C(=O)OC(C)C)CC2)cc1)Cc1c(F)cccc1Cl.O=C(O)C=CC(=O)O. The van der Waals surface area contributed by atoms with Gasteiger partial charge in [-0.1, -0.05) is 48.9 Å². The van der Waals surface area contributed by atoms with Gasteiger partial charge < -0.3 is 19.8 Å². The summed E-state index contributed by atoms with van der Waals surface area (Å²) in [7, 11) is 0. The van der Waals surface area contributed by atoms with Crippen LogP contribution in [0.5, 0.6) is 0 Å². The van der Waals surface area contributed by atoms with Crippen molar-refractivity contribution in [1.82, 2.24) is 14.8 Å². The molecular weight excluding hydrogens is 615 g/mol. The van der Waals surface area contributed by atoms with Crippen molar-refractivity contribution >= 4 is 35.3 Å². The van der Waals surface area contributed by atoms with Gasteiger partial charge in [-0.2, -0.15) is 0 Å². The Morgan fingerprint density at radius 1 is 0.957 bits per heavy atom. The standard InChI is InChI=1S/C30H36ClFN4O2.C4H4O4/c1-4-34(21-26-27(31)8-5-9-28(26)32)19-23-10-12-24(13-11-23)20-35-15-17-36(18-16-35)29-25(7-6-14-33-29)30(37)38-22(2)3;5-3(6)1-2-4(7)8/h5-14,22H,4,15-21H2,1-3H3;1-2H,(H,5,6)(H,7,8). The summed E-state index contributed by atoms with van der Waals surface area (Å²) in [4.78, 5) is 42.9. The van der Waals surface area contributed by atoms with Crippen LogP contribution in [0, 0.1) is 5.82 Å². The third-order valence-corrected chi connectivity index (χ3v) is 7.47. The molecule has 2 N–H and O–H groups in total. The third-order valence-electron chi connectivity index (χ3n) is 7.12. The van der Waals surface area contributed by atoms with Gasteiger partial charge >= 0.3 is 17.9 Å². The Morgan fingerprint density at radius 2 is 1.59 bits per heavy atom. The molecule has 0 amide bonds. The molecule has 10 nitrogen and oxygen atoms in total. The summed E-state index contributed by atoms with van der Waals surface area (Å²) in [6.45, 7) is 12.0. The lowest BCUT2D eigenvalue weighted by Gasteiger charge is -2.36. The number of carboxylic acid groups (broad SMARTS) is 2. The second kappa shape index (κ2) is 18.0. The maximum absolute atomic E-state index is 14.2. The number of carbonyl (C=O) groups is 3. The summed E-state index contributed by atoms with van der Waals surface area (Å²) in [6, 6.07) is 17.0. The first-order valence-corrected chi connectivity index (χ1v) is 15.3. The molecule has 46 heavy (non-hydrogen) atoms. The number of hydrogen-bond donors (Lipinski definition) is 2. The third kappa shape index (κ3) is 11.6. The Kier molecular flexibility index (Phi) is 14.1. The Balaban J connectivity index is 0.000000637. The van der Waals surface area contributed by atoms with Crippen molar-refractivity contribution in [3.8, 4) is 0 Å². The molecule has 1 aliphatic heterocycles. The number of carbonyl (C=O) groups excluding carboxylic acids is 1. The molecule has 1 saturated heterocycles. The lowest BCUT2D eigenvalue weighted by molar-refractivity contribution is -0.134. The second-order valence-electron chi connectivity index (χ2n) is 10.9. The predicted molar refractivity (Wildman–Crippen MR) is 174 cm³/mol. The number of nitrogens with zero attached hydrogens (tertiary/aromatic N) is 4. The lowest BCUT2D eigenvalue weighted by Crippen LogP contribution is -2.46. The van der Waals surface area contributed by atoms with E-state index >= 15 is 0 Å². The highest BCUT2D eigenvalue weighted by Crippen LogP contribution is 2.23. The van der Waals surface area contributed by atoms with E-state index in [0.29, 0.717) is 40.7 Å². The van der Waals surface area contributed by atoms with E-state index in [0.717, 1.165) is 45.8 Å². The van der Waals surface area contributed by atoms with E-state index in [1.165, 1.54) is 17.2 Å². The maximum atomic E-state index is 14.2. The molecule has 1 aliphatic rings. The quantitative estimate of drug-likeness (QED) is 0.191. The van der Waals surface area contributed by atoms with Crippen LogP contribution in [0.3, 0.4) is 0 Å². The number of anilines is 1. The molecule has 0 bridgehead atoms. The largest absolute Gasteiger partial charge is 0.478 e. The number of ether oxygens (including phenoxy) is 1. The number of aromatic nitrogens is 1. The zero-order valence-electron chi connectivity index (χ0n) is 26.2. The summed E-state index contributed by atoms with van der Waals surface area (Å²) in [5, 5.41) is 16.1. The minimum atomic E-state index is -1.26. The van der Waals surface area contributed by atoms with Crippen molar-refractivity contribution in [1.29, 1.82) is 0 Å². The minimum absolute atomic E-state index is 0.172. The smallest absolute Gasteiger partial charge is 0.342 e. The van der Waals surface area contributed by atoms with Crippen molar-refractivity contribution in [2.24, 2.45) is 0 Å². The van der Waals surface area contributed by atoms with Crippen LogP contribution in [0.4, 0.5) is 10.2 Å². The molecule has 1 fully saturated rings. The zero-order chi connectivity index (χ0) is 33.6. The molecule has 0 atom stereocenters. The number of pyridine rings is 1. The van der Waals surface area contributed by atoms with Crippen LogP contribution in [-0.2, 0) is 34.0 Å². The Hall–Kier alpha value is -4.32.